The van der Waals surface area contributed by atoms with Gasteiger partial charge in [-0.15, -0.1) is 0 Å². The predicted octanol–water partition coefficient (Wildman–Crippen LogP) is 3.76. The number of carbonyl (C=O) groups excluding carboxylic acids is 1. The summed E-state index contributed by atoms with van der Waals surface area (Å²) in [6.07, 6.45) is -9.67. The molecule has 0 saturated carbocycles. The lowest BCUT2D eigenvalue weighted by Gasteiger charge is -2.17. The van der Waals surface area contributed by atoms with Crippen LogP contribution in [0.2, 0.25) is 0 Å². The maximum atomic E-state index is 12.9. The number of amides is 1. The van der Waals surface area contributed by atoms with Crippen molar-refractivity contribution < 1.29 is 35.9 Å². The molecule has 0 aromatic heterocycles. The van der Waals surface area contributed by atoms with Crippen molar-refractivity contribution in [2.24, 2.45) is 5.92 Å². The van der Waals surface area contributed by atoms with Gasteiger partial charge < -0.3 is 9.64 Å². The first-order chi connectivity index (χ1) is 11.5. The van der Waals surface area contributed by atoms with Gasteiger partial charge in [0.25, 0.3) is 0 Å². The molecule has 140 valence electrons. The number of ether oxygens (including phenoxy) is 1. The van der Waals surface area contributed by atoms with E-state index in [-0.39, 0.29) is 36.3 Å². The van der Waals surface area contributed by atoms with Gasteiger partial charge in [-0.1, -0.05) is 0 Å². The number of rotatable bonds is 5. The van der Waals surface area contributed by atoms with Gasteiger partial charge in [0, 0.05) is 26.6 Å². The Bertz CT molecular complexity index is 594. The van der Waals surface area contributed by atoms with E-state index in [1.165, 1.54) is 12.0 Å². The first-order valence-corrected chi connectivity index (χ1v) is 7.55. The predicted molar refractivity (Wildman–Crippen MR) is 76.7 cm³/mol. The van der Waals surface area contributed by atoms with E-state index < -0.39 is 23.5 Å². The summed E-state index contributed by atoms with van der Waals surface area (Å²) in [6.45, 7) is 0.961. The number of halogens is 6. The third-order valence-electron chi connectivity index (χ3n) is 4.03. The minimum atomic E-state index is -4.87. The minimum absolute atomic E-state index is 0.0256. The number of alkyl halides is 6. The standard InChI is InChI=1S/C16H17F6NO2/c1-25-3-2-23-9-11(7-14(23)24)4-10-5-12(15(17,18)19)8-13(6-10)16(20,21)22/h5-6,8,11H,2-4,7,9H2,1H3/t11-/m0/s1. The van der Waals surface area contributed by atoms with Crippen LogP contribution >= 0.6 is 0 Å². The second-order valence-electron chi connectivity index (χ2n) is 6.02. The van der Waals surface area contributed by atoms with E-state index in [0.717, 1.165) is 12.1 Å². The molecule has 3 nitrogen and oxygen atoms in total. The molecular formula is C16H17F6NO2. The lowest BCUT2D eigenvalue weighted by Crippen LogP contribution is -2.28. The average Bonchev–Trinajstić information content (AvgIpc) is 2.82. The molecular weight excluding hydrogens is 352 g/mol. The number of hydrogen-bond donors (Lipinski definition) is 0. The molecule has 1 atom stereocenters. The molecule has 25 heavy (non-hydrogen) atoms. The number of benzene rings is 1. The highest BCUT2D eigenvalue weighted by Crippen LogP contribution is 2.37. The molecule has 1 saturated heterocycles. The topological polar surface area (TPSA) is 29.5 Å². The third-order valence-corrected chi connectivity index (χ3v) is 4.03. The van der Waals surface area contributed by atoms with Gasteiger partial charge in [-0.2, -0.15) is 26.3 Å². The summed E-state index contributed by atoms with van der Waals surface area (Å²) in [6, 6.07) is 1.54. The Labute approximate surface area is 140 Å². The summed E-state index contributed by atoms with van der Waals surface area (Å²) in [5, 5.41) is 0. The van der Waals surface area contributed by atoms with E-state index in [0.29, 0.717) is 19.7 Å². The van der Waals surface area contributed by atoms with E-state index in [1.54, 1.807) is 0 Å². The van der Waals surface area contributed by atoms with E-state index in [4.69, 9.17) is 4.74 Å². The van der Waals surface area contributed by atoms with Crippen molar-refractivity contribution in [1.29, 1.82) is 0 Å². The SMILES string of the molecule is COCCN1C[C@@H](Cc2cc(C(F)(F)F)cc(C(F)(F)F)c2)CC1=O. The number of methoxy groups -OCH3 is 1. The third kappa shape index (κ3) is 5.10. The molecule has 1 aromatic rings. The zero-order valence-electron chi connectivity index (χ0n) is 13.4. The van der Waals surface area contributed by atoms with Crippen LogP contribution in [0, 0.1) is 5.92 Å². The van der Waals surface area contributed by atoms with E-state index in [1.807, 2.05) is 0 Å². The average molecular weight is 369 g/mol. The minimum Gasteiger partial charge on any atom is -0.383 e. The molecule has 1 fully saturated rings. The van der Waals surface area contributed by atoms with Crippen LogP contribution in [-0.4, -0.2) is 37.6 Å². The Kier molecular flexibility index (Phi) is 5.65. The number of hydrogen-bond acceptors (Lipinski definition) is 2. The summed E-state index contributed by atoms with van der Waals surface area (Å²) in [5.74, 6) is -0.501. The van der Waals surface area contributed by atoms with Crippen LogP contribution in [-0.2, 0) is 28.3 Å². The molecule has 1 aliphatic heterocycles. The first kappa shape index (κ1) is 19.6. The molecule has 1 amide bonds. The fraction of sp³-hybridized carbons (Fsp3) is 0.562. The maximum Gasteiger partial charge on any atom is 0.416 e. The van der Waals surface area contributed by atoms with E-state index in [9.17, 15) is 31.1 Å². The summed E-state index contributed by atoms with van der Waals surface area (Å²) in [7, 11) is 1.47. The van der Waals surface area contributed by atoms with Gasteiger partial charge in [-0.25, -0.2) is 0 Å². The highest BCUT2D eigenvalue weighted by atomic mass is 19.4. The van der Waals surface area contributed by atoms with Crippen LogP contribution in [0.4, 0.5) is 26.3 Å². The highest BCUT2D eigenvalue weighted by Gasteiger charge is 2.37. The van der Waals surface area contributed by atoms with Gasteiger partial charge in [-0.3, -0.25) is 4.79 Å². The summed E-state index contributed by atoms with van der Waals surface area (Å²) in [4.78, 5) is 13.3. The Balaban J connectivity index is 2.20. The van der Waals surface area contributed by atoms with Crippen molar-refractivity contribution in [3.8, 4) is 0 Å². The fourth-order valence-corrected chi connectivity index (χ4v) is 2.88. The molecule has 0 unspecified atom stereocenters. The molecule has 0 bridgehead atoms. The maximum absolute atomic E-state index is 12.9. The van der Waals surface area contributed by atoms with Crippen molar-refractivity contribution in [1.82, 2.24) is 4.90 Å². The monoisotopic (exact) mass is 369 g/mol. The van der Waals surface area contributed by atoms with Crippen LogP contribution < -0.4 is 0 Å². The molecule has 2 rings (SSSR count). The lowest BCUT2D eigenvalue weighted by molar-refractivity contribution is -0.143. The first-order valence-electron chi connectivity index (χ1n) is 7.55. The van der Waals surface area contributed by atoms with Crippen LogP contribution in [0.3, 0.4) is 0 Å². The van der Waals surface area contributed by atoms with E-state index in [2.05, 4.69) is 0 Å². The molecule has 9 heteroatoms. The van der Waals surface area contributed by atoms with E-state index >= 15 is 0 Å². The summed E-state index contributed by atoms with van der Waals surface area (Å²) < 4.78 is 82.1. The largest absolute Gasteiger partial charge is 0.416 e. The molecule has 0 N–H and O–H groups in total. The Morgan fingerprint density at radius 1 is 1.08 bits per heavy atom. The molecule has 1 aromatic carbocycles. The highest BCUT2D eigenvalue weighted by molar-refractivity contribution is 5.78. The summed E-state index contributed by atoms with van der Waals surface area (Å²) in [5.41, 5.74) is -2.75. The van der Waals surface area contributed by atoms with Crippen molar-refractivity contribution in [2.75, 3.05) is 26.8 Å². The van der Waals surface area contributed by atoms with Gasteiger partial charge >= 0.3 is 12.4 Å². The van der Waals surface area contributed by atoms with Gasteiger partial charge in [0.2, 0.25) is 5.91 Å². The molecule has 0 aliphatic carbocycles. The molecule has 0 spiro atoms. The smallest absolute Gasteiger partial charge is 0.383 e. The molecule has 1 heterocycles. The van der Waals surface area contributed by atoms with Crippen molar-refractivity contribution >= 4 is 5.91 Å². The normalized spacial score (nSPS) is 18.9. The zero-order chi connectivity index (χ0) is 18.8. The quantitative estimate of drug-likeness (QED) is 0.740. The van der Waals surface area contributed by atoms with Gasteiger partial charge in [0.15, 0.2) is 0 Å². The van der Waals surface area contributed by atoms with Crippen LogP contribution in [0.25, 0.3) is 0 Å². The van der Waals surface area contributed by atoms with Gasteiger partial charge in [0.05, 0.1) is 17.7 Å². The van der Waals surface area contributed by atoms with Gasteiger partial charge in [-0.05, 0) is 36.1 Å². The number of carbonyl (C=O) groups is 1. The van der Waals surface area contributed by atoms with Gasteiger partial charge in [0.1, 0.15) is 0 Å². The zero-order valence-corrected chi connectivity index (χ0v) is 13.4. The Morgan fingerprint density at radius 2 is 1.64 bits per heavy atom. The fourth-order valence-electron chi connectivity index (χ4n) is 2.88. The molecule has 1 aliphatic rings. The second-order valence-corrected chi connectivity index (χ2v) is 6.02. The van der Waals surface area contributed by atoms with Crippen molar-refractivity contribution in [2.45, 2.75) is 25.2 Å². The number of nitrogens with zero attached hydrogens (tertiary/aromatic N) is 1. The van der Waals surface area contributed by atoms with Crippen molar-refractivity contribution in [3.05, 3.63) is 34.9 Å². The Morgan fingerprint density at radius 3 is 2.12 bits per heavy atom. The number of likely N-dealkylation sites (tertiary alicyclic amines) is 1. The van der Waals surface area contributed by atoms with Crippen LogP contribution in [0.1, 0.15) is 23.1 Å². The molecule has 0 radical (unpaired) electrons. The summed E-state index contributed by atoms with van der Waals surface area (Å²) >= 11 is 0. The lowest BCUT2D eigenvalue weighted by atomic mass is 9.95. The second kappa shape index (κ2) is 7.23. The Hall–Kier alpha value is -1.77. The van der Waals surface area contributed by atoms with Crippen molar-refractivity contribution in [3.63, 3.8) is 0 Å². The van der Waals surface area contributed by atoms with Crippen LogP contribution in [0.5, 0.6) is 0 Å². The van der Waals surface area contributed by atoms with Crippen LogP contribution in [0.15, 0.2) is 18.2 Å².